The van der Waals surface area contributed by atoms with Crippen molar-refractivity contribution in [2.24, 2.45) is 11.7 Å². The maximum atomic E-state index is 12.2. The number of carbonyl (C=O) groups is 2. The molecule has 25 heavy (non-hydrogen) atoms. The van der Waals surface area contributed by atoms with E-state index >= 15 is 0 Å². The van der Waals surface area contributed by atoms with Crippen LogP contribution in [0.15, 0.2) is 24.3 Å². The van der Waals surface area contributed by atoms with E-state index in [0.29, 0.717) is 13.0 Å². The van der Waals surface area contributed by atoms with Gasteiger partial charge in [-0.2, -0.15) is 0 Å². The lowest BCUT2D eigenvalue weighted by Crippen LogP contribution is -2.38. The first-order chi connectivity index (χ1) is 12.0. The normalized spacial score (nSPS) is 15.2. The standard InChI is InChI=1S/C20H31N3O2/c1-16-5-7-17(8-6-16)9-10-18-11-14-23(15-12-18)19(24)4-2-3-13-22-20(21)25/h5-8,18H,2-4,9-15H2,1H3,(H3,21,22,25). The second-order valence-corrected chi connectivity index (χ2v) is 7.10. The van der Waals surface area contributed by atoms with E-state index < -0.39 is 6.03 Å². The molecule has 3 amide bonds. The fraction of sp³-hybridized carbons (Fsp3) is 0.600. The first kappa shape index (κ1) is 19.3. The number of nitrogens with two attached hydrogens (primary N) is 1. The van der Waals surface area contributed by atoms with Crippen molar-refractivity contribution >= 4 is 11.9 Å². The van der Waals surface area contributed by atoms with Gasteiger partial charge in [0.2, 0.25) is 5.91 Å². The Labute approximate surface area is 151 Å². The summed E-state index contributed by atoms with van der Waals surface area (Å²) >= 11 is 0. The van der Waals surface area contributed by atoms with Crippen molar-refractivity contribution in [3.63, 3.8) is 0 Å². The zero-order valence-corrected chi connectivity index (χ0v) is 15.3. The molecule has 1 aliphatic heterocycles. The van der Waals surface area contributed by atoms with Crippen LogP contribution in [-0.4, -0.2) is 36.5 Å². The molecule has 1 aromatic carbocycles. The fourth-order valence-electron chi connectivity index (χ4n) is 3.37. The Morgan fingerprint density at radius 1 is 1.16 bits per heavy atom. The first-order valence-electron chi connectivity index (χ1n) is 9.41. The van der Waals surface area contributed by atoms with Crippen molar-refractivity contribution in [1.29, 1.82) is 0 Å². The summed E-state index contributed by atoms with van der Waals surface area (Å²) in [6.45, 7) is 4.43. The highest BCUT2D eigenvalue weighted by Crippen LogP contribution is 2.23. The van der Waals surface area contributed by atoms with Crippen molar-refractivity contribution in [3.05, 3.63) is 35.4 Å². The van der Waals surface area contributed by atoms with Gasteiger partial charge in [0, 0.05) is 26.1 Å². The molecule has 138 valence electrons. The molecule has 1 aliphatic rings. The smallest absolute Gasteiger partial charge is 0.312 e. The second kappa shape index (κ2) is 10.1. The molecule has 0 unspecified atom stereocenters. The average molecular weight is 345 g/mol. The van der Waals surface area contributed by atoms with Gasteiger partial charge in [-0.15, -0.1) is 0 Å². The number of carbonyl (C=O) groups excluding carboxylic acids is 2. The third-order valence-corrected chi connectivity index (χ3v) is 5.05. The number of urea groups is 1. The number of nitrogens with zero attached hydrogens (tertiary/aromatic N) is 1. The quantitative estimate of drug-likeness (QED) is 0.711. The van der Waals surface area contributed by atoms with Gasteiger partial charge in [0.15, 0.2) is 0 Å². The van der Waals surface area contributed by atoms with Crippen LogP contribution in [0.5, 0.6) is 0 Å². The zero-order valence-electron chi connectivity index (χ0n) is 15.3. The summed E-state index contributed by atoms with van der Waals surface area (Å²) in [6.07, 6.45) is 6.72. The Morgan fingerprint density at radius 2 is 1.84 bits per heavy atom. The minimum absolute atomic E-state index is 0.246. The molecule has 3 N–H and O–H groups in total. The van der Waals surface area contributed by atoms with Gasteiger partial charge >= 0.3 is 6.03 Å². The van der Waals surface area contributed by atoms with E-state index in [-0.39, 0.29) is 5.91 Å². The van der Waals surface area contributed by atoms with Crippen molar-refractivity contribution in [3.8, 4) is 0 Å². The molecule has 0 bridgehead atoms. The predicted molar refractivity (Wildman–Crippen MR) is 100 cm³/mol. The minimum atomic E-state index is -0.501. The molecule has 5 heteroatoms. The largest absolute Gasteiger partial charge is 0.352 e. The fourth-order valence-corrected chi connectivity index (χ4v) is 3.37. The summed E-state index contributed by atoms with van der Waals surface area (Å²) in [7, 11) is 0. The molecule has 0 aliphatic carbocycles. The van der Waals surface area contributed by atoms with Gasteiger partial charge in [0.05, 0.1) is 0 Å². The number of rotatable bonds is 8. The van der Waals surface area contributed by atoms with Gasteiger partial charge in [-0.1, -0.05) is 29.8 Å². The number of benzene rings is 1. The number of unbranched alkanes of at least 4 members (excludes halogenated alkanes) is 1. The van der Waals surface area contributed by atoms with Crippen molar-refractivity contribution < 1.29 is 9.59 Å². The summed E-state index contributed by atoms with van der Waals surface area (Å²) in [5.41, 5.74) is 7.72. The van der Waals surface area contributed by atoms with E-state index in [2.05, 4.69) is 36.5 Å². The average Bonchev–Trinajstić information content (AvgIpc) is 2.61. The number of primary amides is 1. The molecule has 0 saturated carbocycles. The van der Waals surface area contributed by atoms with Crippen LogP contribution in [0.1, 0.15) is 49.7 Å². The number of nitrogens with one attached hydrogen (secondary N) is 1. The van der Waals surface area contributed by atoms with Gasteiger partial charge in [0.1, 0.15) is 0 Å². The number of likely N-dealkylation sites (tertiary alicyclic amines) is 1. The minimum Gasteiger partial charge on any atom is -0.352 e. The lowest BCUT2D eigenvalue weighted by Gasteiger charge is -2.32. The number of piperidine rings is 1. The lowest BCUT2D eigenvalue weighted by molar-refractivity contribution is -0.132. The van der Waals surface area contributed by atoms with Crippen LogP contribution in [0.2, 0.25) is 0 Å². The van der Waals surface area contributed by atoms with E-state index in [1.807, 2.05) is 4.90 Å². The molecule has 0 aromatic heterocycles. The maximum absolute atomic E-state index is 12.2. The van der Waals surface area contributed by atoms with Gasteiger partial charge in [-0.3, -0.25) is 4.79 Å². The molecule has 1 heterocycles. The van der Waals surface area contributed by atoms with Crippen molar-refractivity contribution in [1.82, 2.24) is 10.2 Å². The maximum Gasteiger partial charge on any atom is 0.312 e. The Kier molecular flexibility index (Phi) is 7.76. The molecule has 0 atom stereocenters. The number of hydrogen-bond donors (Lipinski definition) is 2. The molecular formula is C20H31N3O2. The van der Waals surface area contributed by atoms with Gasteiger partial charge in [-0.25, -0.2) is 4.79 Å². The van der Waals surface area contributed by atoms with Crippen molar-refractivity contribution in [2.45, 2.75) is 51.9 Å². The monoisotopic (exact) mass is 345 g/mol. The van der Waals surface area contributed by atoms with Crippen LogP contribution in [0.4, 0.5) is 4.79 Å². The van der Waals surface area contributed by atoms with E-state index in [0.717, 1.165) is 51.1 Å². The first-order valence-corrected chi connectivity index (χ1v) is 9.41. The Balaban J connectivity index is 1.59. The third kappa shape index (κ3) is 7.16. The number of aryl methyl sites for hydroxylation is 2. The summed E-state index contributed by atoms with van der Waals surface area (Å²) < 4.78 is 0. The zero-order chi connectivity index (χ0) is 18.1. The van der Waals surface area contributed by atoms with Crippen LogP contribution < -0.4 is 11.1 Å². The molecule has 0 spiro atoms. The molecule has 2 rings (SSSR count). The van der Waals surface area contributed by atoms with Crippen LogP contribution in [0, 0.1) is 12.8 Å². The summed E-state index contributed by atoms with van der Waals surface area (Å²) in [6, 6.07) is 8.30. The highest BCUT2D eigenvalue weighted by Gasteiger charge is 2.22. The van der Waals surface area contributed by atoms with E-state index in [1.54, 1.807) is 0 Å². The lowest BCUT2D eigenvalue weighted by atomic mass is 9.90. The Hall–Kier alpha value is -2.04. The second-order valence-electron chi connectivity index (χ2n) is 7.10. The van der Waals surface area contributed by atoms with Crippen molar-refractivity contribution in [2.75, 3.05) is 19.6 Å². The topological polar surface area (TPSA) is 75.4 Å². The van der Waals surface area contributed by atoms with Crippen LogP contribution in [0.25, 0.3) is 0 Å². The van der Waals surface area contributed by atoms with Crippen LogP contribution >= 0.6 is 0 Å². The van der Waals surface area contributed by atoms with E-state index in [1.165, 1.54) is 17.5 Å². The molecule has 1 aromatic rings. The molecular weight excluding hydrogens is 314 g/mol. The SMILES string of the molecule is Cc1ccc(CCC2CCN(C(=O)CCCCNC(N)=O)CC2)cc1. The van der Waals surface area contributed by atoms with Gasteiger partial charge in [0.25, 0.3) is 0 Å². The van der Waals surface area contributed by atoms with Crippen LogP contribution in [-0.2, 0) is 11.2 Å². The Morgan fingerprint density at radius 3 is 2.48 bits per heavy atom. The number of amides is 3. The number of hydrogen-bond acceptors (Lipinski definition) is 2. The van der Waals surface area contributed by atoms with E-state index in [4.69, 9.17) is 5.73 Å². The molecule has 1 saturated heterocycles. The van der Waals surface area contributed by atoms with Gasteiger partial charge < -0.3 is 16.0 Å². The summed E-state index contributed by atoms with van der Waals surface area (Å²) in [4.78, 5) is 24.8. The highest BCUT2D eigenvalue weighted by atomic mass is 16.2. The summed E-state index contributed by atoms with van der Waals surface area (Å²) in [5, 5.41) is 2.55. The van der Waals surface area contributed by atoms with Gasteiger partial charge in [-0.05, 0) is 56.9 Å². The summed E-state index contributed by atoms with van der Waals surface area (Å²) in [5.74, 6) is 0.973. The third-order valence-electron chi connectivity index (χ3n) is 5.05. The van der Waals surface area contributed by atoms with Crippen LogP contribution in [0.3, 0.4) is 0 Å². The Bertz CT molecular complexity index is 549. The van der Waals surface area contributed by atoms with E-state index in [9.17, 15) is 9.59 Å². The molecule has 5 nitrogen and oxygen atoms in total. The predicted octanol–water partition coefficient (Wildman–Crippen LogP) is 3.00. The molecule has 1 fully saturated rings. The molecule has 0 radical (unpaired) electrons. The highest BCUT2D eigenvalue weighted by molar-refractivity contribution is 5.76.